The van der Waals surface area contributed by atoms with Crippen LogP contribution in [0.2, 0.25) is 0 Å². The highest BCUT2D eigenvalue weighted by molar-refractivity contribution is 5.67. The first-order chi connectivity index (χ1) is 15.3. The Morgan fingerprint density at radius 1 is 0.677 bits per heavy atom. The normalized spacial score (nSPS) is 40.5. The quantitative estimate of drug-likeness (QED) is 0.440. The molecule has 0 N–H and O–H groups in total. The van der Waals surface area contributed by atoms with Gasteiger partial charge in [-0.15, -0.1) is 0 Å². The number of allylic oxidation sites excluding steroid dienone is 1. The molecule has 0 aromatic heterocycles. The van der Waals surface area contributed by atoms with E-state index in [9.17, 15) is 0 Å². The summed E-state index contributed by atoms with van der Waals surface area (Å²) in [4.78, 5) is 0. The zero-order valence-corrected chi connectivity index (χ0v) is 17.6. The molecule has 0 amide bonds. The fourth-order valence-electron chi connectivity index (χ4n) is 8.73. The van der Waals surface area contributed by atoms with Crippen molar-refractivity contribution in [3.8, 4) is 0 Å². The van der Waals surface area contributed by atoms with Crippen molar-refractivity contribution in [1.29, 1.82) is 0 Å². The smallest absolute Gasteiger partial charge is 0.142 e. The number of ether oxygens (including phenoxy) is 1. The minimum atomic E-state index is -0.455. The molecule has 2 heterocycles. The van der Waals surface area contributed by atoms with Crippen molar-refractivity contribution in [3.63, 3.8) is 0 Å². The van der Waals surface area contributed by atoms with Crippen molar-refractivity contribution in [2.45, 2.75) is 36.9 Å². The van der Waals surface area contributed by atoms with Gasteiger partial charge in [0, 0.05) is 5.41 Å². The first kappa shape index (κ1) is 17.0. The minimum absolute atomic E-state index is 0.0796. The summed E-state index contributed by atoms with van der Waals surface area (Å²) >= 11 is 0. The van der Waals surface area contributed by atoms with Gasteiger partial charge in [-0.05, 0) is 71.3 Å². The Morgan fingerprint density at radius 2 is 1.35 bits per heavy atom. The molecule has 3 aromatic rings. The third kappa shape index (κ3) is 1.68. The molecule has 3 fully saturated rings. The highest BCUT2D eigenvalue weighted by Crippen LogP contribution is 2.82. The zero-order valence-electron chi connectivity index (χ0n) is 17.6. The van der Waals surface area contributed by atoms with Crippen LogP contribution in [0.15, 0.2) is 96.6 Å². The van der Waals surface area contributed by atoms with Crippen molar-refractivity contribution in [3.05, 3.63) is 119 Å². The molecule has 3 aromatic carbocycles. The minimum Gasteiger partial charge on any atom is -0.344 e. The van der Waals surface area contributed by atoms with Crippen LogP contribution in [0.1, 0.15) is 47.9 Å². The molecule has 1 spiro atoms. The maximum atomic E-state index is 7.64. The fourth-order valence-corrected chi connectivity index (χ4v) is 8.73. The molecule has 2 aliphatic heterocycles. The van der Waals surface area contributed by atoms with Gasteiger partial charge in [0.15, 0.2) is 0 Å². The molecule has 8 rings (SSSR count). The second kappa shape index (κ2) is 5.40. The molecule has 0 unspecified atom stereocenters. The van der Waals surface area contributed by atoms with Gasteiger partial charge < -0.3 is 4.74 Å². The molecular formula is C30H26O. The summed E-state index contributed by atoms with van der Waals surface area (Å²) < 4.78 is 7.64. The van der Waals surface area contributed by atoms with Crippen molar-refractivity contribution in [2.75, 3.05) is 0 Å². The number of hydrogen-bond donors (Lipinski definition) is 0. The molecule has 1 nitrogen and oxygen atoms in total. The van der Waals surface area contributed by atoms with E-state index in [4.69, 9.17) is 4.74 Å². The van der Waals surface area contributed by atoms with E-state index in [2.05, 4.69) is 91.0 Å². The summed E-state index contributed by atoms with van der Waals surface area (Å²) in [5, 5.41) is 0. The van der Waals surface area contributed by atoms with Crippen LogP contribution in [0.4, 0.5) is 0 Å². The summed E-state index contributed by atoms with van der Waals surface area (Å²) in [6, 6.07) is 31.4. The van der Waals surface area contributed by atoms with Crippen LogP contribution in [0, 0.1) is 23.2 Å². The van der Waals surface area contributed by atoms with E-state index in [1.165, 1.54) is 47.9 Å². The monoisotopic (exact) mass is 402 g/mol. The number of benzene rings is 3. The largest absolute Gasteiger partial charge is 0.344 e. The van der Waals surface area contributed by atoms with E-state index in [0.29, 0.717) is 0 Å². The van der Waals surface area contributed by atoms with Crippen molar-refractivity contribution >= 4 is 0 Å². The predicted octanol–water partition coefficient (Wildman–Crippen LogP) is 6.58. The van der Waals surface area contributed by atoms with E-state index in [-0.39, 0.29) is 11.0 Å². The maximum Gasteiger partial charge on any atom is 0.142 e. The van der Waals surface area contributed by atoms with Gasteiger partial charge in [0.1, 0.15) is 11.2 Å². The van der Waals surface area contributed by atoms with E-state index in [0.717, 1.165) is 17.8 Å². The van der Waals surface area contributed by atoms with Gasteiger partial charge >= 0.3 is 0 Å². The molecule has 0 radical (unpaired) electrons. The summed E-state index contributed by atoms with van der Waals surface area (Å²) in [6.45, 7) is 0. The summed E-state index contributed by atoms with van der Waals surface area (Å²) in [6.07, 6.45) is 8.04. The van der Waals surface area contributed by atoms with E-state index in [1.54, 1.807) is 5.57 Å². The van der Waals surface area contributed by atoms with Crippen LogP contribution in [0.25, 0.3) is 0 Å². The van der Waals surface area contributed by atoms with Gasteiger partial charge in [-0.3, -0.25) is 0 Å². The fraction of sp³-hybridized carbons (Fsp3) is 0.333. The van der Waals surface area contributed by atoms with Crippen molar-refractivity contribution in [1.82, 2.24) is 0 Å². The summed E-state index contributed by atoms with van der Waals surface area (Å²) in [7, 11) is 0. The lowest BCUT2D eigenvalue weighted by Gasteiger charge is -2.51. The van der Waals surface area contributed by atoms with Crippen LogP contribution < -0.4 is 0 Å². The van der Waals surface area contributed by atoms with Gasteiger partial charge in [0.2, 0.25) is 0 Å². The van der Waals surface area contributed by atoms with Crippen molar-refractivity contribution < 1.29 is 4.74 Å². The number of fused-ring (bicyclic) bond motifs is 8. The molecular weight excluding hydrogens is 376 g/mol. The summed E-state index contributed by atoms with van der Waals surface area (Å²) in [5.41, 5.74) is 6.25. The third-order valence-corrected chi connectivity index (χ3v) is 9.39. The molecule has 5 bridgehead atoms. The topological polar surface area (TPSA) is 9.23 Å². The first-order valence-electron chi connectivity index (χ1n) is 11.9. The Kier molecular flexibility index (Phi) is 2.96. The molecule has 1 heteroatoms. The number of hydrogen-bond acceptors (Lipinski definition) is 1. The third-order valence-electron chi connectivity index (χ3n) is 9.39. The second-order valence-electron chi connectivity index (χ2n) is 10.5. The van der Waals surface area contributed by atoms with Crippen LogP contribution in [0.5, 0.6) is 0 Å². The summed E-state index contributed by atoms with van der Waals surface area (Å²) in [5.74, 6) is 2.27. The lowest BCUT2D eigenvalue weighted by Crippen LogP contribution is -2.50. The predicted molar refractivity (Wildman–Crippen MR) is 121 cm³/mol. The van der Waals surface area contributed by atoms with Gasteiger partial charge in [-0.25, -0.2) is 0 Å². The zero-order chi connectivity index (χ0) is 20.3. The SMILES string of the molecule is C1=C2[C@@]3(c4ccccc4)O[C@@](c4ccccc4)(c4ccccc43)[C@@]23C[C@H]2C[C@H]1C[C@H]3C2. The average Bonchev–Trinajstić information content (AvgIpc) is 3.35. The second-order valence-corrected chi connectivity index (χ2v) is 10.5. The highest BCUT2D eigenvalue weighted by Gasteiger charge is 2.80. The van der Waals surface area contributed by atoms with Gasteiger partial charge in [0.05, 0.1) is 0 Å². The van der Waals surface area contributed by atoms with Crippen LogP contribution in [0.3, 0.4) is 0 Å². The van der Waals surface area contributed by atoms with E-state index < -0.39 is 5.60 Å². The first-order valence-corrected chi connectivity index (χ1v) is 11.9. The van der Waals surface area contributed by atoms with Gasteiger partial charge in [-0.2, -0.15) is 0 Å². The van der Waals surface area contributed by atoms with Gasteiger partial charge in [-0.1, -0.05) is 91.0 Å². The maximum absolute atomic E-state index is 7.64. The van der Waals surface area contributed by atoms with Crippen LogP contribution in [-0.2, 0) is 15.9 Å². The molecule has 6 atom stereocenters. The lowest BCUT2D eigenvalue weighted by molar-refractivity contribution is -0.0831. The molecule has 152 valence electrons. The average molecular weight is 403 g/mol. The molecule has 2 saturated carbocycles. The Hall–Kier alpha value is -2.64. The Bertz CT molecular complexity index is 1240. The lowest BCUT2D eigenvalue weighted by atomic mass is 9.49. The Morgan fingerprint density at radius 3 is 2.13 bits per heavy atom. The number of rotatable bonds is 2. The highest BCUT2D eigenvalue weighted by atomic mass is 16.5. The standard InChI is InChI=1S/C30H26O/c1-3-9-22(10-4-1)29-25-13-7-8-14-26(25)30(31-29,23-11-5-2-6-12-23)28-19-21-15-20(18-27(28)29)16-24(28)17-21/h1-14,18,20-21,24H,15-17,19H2/t20-,21-,24-,28+,29-,30-/m0/s1. The van der Waals surface area contributed by atoms with Crippen LogP contribution in [-0.4, -0.2) is 0 Å². The molecule has 5 aliphatic rings. The molecule has 31 heavy (non-hydrogen) atoms. The van der Waals surface area contributed by atoms with Crippen LogP contribution >= 0.6 is 0 Å². The van der Waals surface area contributed by atoms with Crippen molar-refractivity contribution in [2.24, 2.45) is 23.2 Å². The molecule has 1 saturated heterocycles. The molecule has 3 aliphatic carbocycles. The Balaban J connectivity index is 1.56. The van der Waals surface area contributed by atoms with Gasteiger partial charge in [0.25, 0.3) is 0 Å². The van der Waals surface area contributed by atoms with E-state index >= 15 is 0 Å². The Labute approximate surface area is 183 Å². The van der Waals surface area contributed by atoms with E-state index in [1.807, 2.05) is 0 Å².